The topological polar surface area (TPSA) is 71.2 Å². The molecule has 1 saturated heterocycles. The number of hydrogen-bond donors (Lipinski definition) is 1. The standard InChI is InChI=1S/C16H19FN4O2/c1-10(2)15-18-14(16(23)20-7-6-13(22)9-20)19-21(15)12-5-3-4-11(17)8-12/h3-5,8,10,13,22H,6-7,9H2,1-2H3/t13-/m1/s1. The third kappa shape index (κ3) is 3.10. The van der Waals surface area contributed by atoms with Crippen LogP contribution in [0.25, 0.3) is 5.69 Å². The number of aromatic nitrogens is 3. The molecule has 23 heavy (non-hydrogen) atoms. The minimum absolute atomic E-state index is 0.0245. The monoisotopic (exact) mass is 318 g/mol. The van der Waals surface area contributed by atoms with E-state index in [0.29, 0.717) is 31.0 Å². The summed E-state index contributed by atoms with van der Waals surface area (Å²) >= 11 is 0. The number of aliphatic hydroxyl groups is 1. The number of carbonyl (C=O) groups is 1. The van der Waals surface area contributed by atoms with E-state index < -0.39 is 6.10 Å². The number of amides is 1. The molecule has 2 aromatic rings. The lowest BCUT2D eigenvalue weighted by Crippen LogP contribution is -2.30. The first-order valence-electron chi connectivity index (χ1n) is 7.66. The summed E-state index contributed by atoms with van der Waals surface area (Å²) in [6, 6.07) is 6.02. The lowest BCUT2D eigenvalue weighted by atomic mass is 10.2. The van der Waals surface area contributed by atoms with Crippen LogP contribution < -0.4 is 0 Å². The van der Waals surface area contributed by atoms with Crippen molar-refractivity contribution in [3.63, 3.8) is 0 Å². The first kappa shape index (κ1) is 15.6. The third-order valence-electron chi connectivity index (χ3n) is 3.84. The van der Waals surface area contributed by atoms with E-state index in [4.69, 9.17) is 0 Å². The molecule has 0 saturated carbocycles. The highest BCUT2D eigenvalue weighted by Crippen LogP contribution is 2.20. The average Bonchev–Trinajstić information content (AvgIpc) is 3.13. The summed E-state index contributed by atoms with van der Waals surface area (Å²) in [5.74, 6) is 0.0177. The van der Waals surface area contributed by atoms with Crippen LogP contribution in [0.5, 0.6) is 0 Å². The number of benzene rings is 1. The Bertz CT molecular complexity index is 729. The fourth-order valence-electron chi connectivity index (χ4n) is 2.65. The Labute approximate surface area is 133 Å². The van der Waals surface area contributed by atoms with Crippen LogP contribution in [0.4, 0.5) is 4.39 Å². The Morgan fingerprint density at radius 2 is 2.22 bits per heavy atom. The van der Waals surface area contributed by atoms with E-state index in [1.54, 1.807) is 17.0 Å². The van der Waals surface area contributed by atoms with E-state index >= 15 is 0 Å². The van der Waals surface area contributed by atoms with Crippen molar-refractivity contribution in [3.8, 4) is 5.69 Å². The highest BCUT2D eigenvalue weighted by atomic mass is 19.1. The van der Waals surface area contributed by atoms with Gasteiger partial charge in [0.05, 0.1) is 11.8 Å². The Morgan fingerprint density at radius 1 is 1.43 bits per heavy atom. The normalized spacial score (nSPS) is 18.0. The summed E-state index contributed by atoms with van der Waals surface area (Å²) in [6.07, 6.45) is 0.0711. The van der Waals surface area contributed by atoms with Crippen LogP contribution in [-0.4, -0.2) is 49.9 Å². The number of rotatable bonds is 3. The van der Waals surface area contributed by atoms with Gasteiger partial charge in [0.2, 0.25) is 5.82 Å². The number of carbonyl (C=O) groups excluding carboxylic acids is 1. The number of likely N-dealkylation sites (tertiary alicyclic amines) is 1. The summed E-state index contributed by atoms with van der Waals surface area (Å²) in [4.78, 5) is 18.4. The predicted molar refractivity (Wildman–Crippen MR) is 81.9 cm³/mol. The molecule has 0 spiro atoms. The van der Waals surface area contributed by atoms with Gasteiger partial charge in [0.1, 0.15) is 11.6 Å². The minimum atomic E-state index is -0.492. The van der Waals surface area contributed by atoms with Gasteiger partial charge in [0, 0.05) is 19.0 Å². The summed E-state index contributed by atoms with van der Waals surface area (Å²) in [7, 11) is 0. The van der Waals surface area contributed by atoms with Crippen LogP contribution >= 0.6 is 0 Å². The Hall–Kier alpha value is -2.28. The second-order valence-corrected chi connectivity index (χ2v) is 6.03. The molecular formula is C16H19FN4O2. The molecule has 6 nitrogen and oxygen atoms in total. The van der Waals surface area contributed by atoms with Crippen LogP contribution in [0.2, 0.25) is 0 Å². The second-order valence-electron chi connectivity index (χ2n) is 6.03. The van der Waals surface area contributed by atoms with Gasteiger partial charge in [-0.15, -0.1) is 5.10 Å². The maximum absolute atomic E-state index is 13.5. The van der Waals surface area contributed by atoms with Crippen LogP contribution in [0, 0.1) is 5.82 Å². The molecule has 7 heteroatoms. The average molecular weight is 318 g/mol. The summed E-state index contributed by atoms with van der Waals surface area (Å²) < 4.78 is 15.0. The lowest BCUT2D eigenvalue weighted by Gasteiger charge is -2.12. The zero-order valence-electron chi connectivity index (χ0n) is 13.1. The molecular weight excluding hydrogens is 299 g/mol. The predicted octanol–water partition coefficient (Wildman–Crippen LogP) is 1.74. The van der Waals surface area contributed by atoms with Crippen molar-refractivity contribution in [3.05, 3.63) is 41.7 Å². The van der Waals surface area contributed by atoms with Crippen molar-refractivity contribution < 1.29 is 14.3 Å². The molecule has 2 heterocycles. The van der Waals surface area contributed by atoms with E-state index in [1.807, 2.05) is 13.8 Å². The molecule has 1 aromatic carbocycles. The smallest absolute Gasteiger partial charge is 0.293 e. The van der Waals surface area contributed by atoms with Gasteiger partial charge in [0.15, 0.2) is 0 Å². The van der Waals surface area contributed by atoms with Crippen molar-refractivity contribution >= 4 is 5.91 Å². The van der Waals surface area contributed by atoms with Crippen molar-refractivity contribution in [2.24, 2.45) is 0 Å². The molecule has 1 N–H and O–H groups in total. The fourth-order valence-corrected chi connectivity index (χ4v) is 2.65. The van der Waals surface area contributed by atoms with Gasteiger partial charge < -0.3 is 10.0 Å². The fraction of sp³-hybridized carbons (Fsp3) is 0.438. The SMILES string of the molecule is CC(C)c1nc(C(=O)N2CC[C@@H](O)C2)nn1-c1cccc(F)c1. The maximum Gasteiger partial charge on any atom is 0.293 e. The third-order valence-corrected chi connectivity index (χ3v) is 3.84. The van der Waals surface area contributed by atoms with Gasteiger partial charge in [-0.25, -0.2) is 14.1 Å². The summed E-state index contributed by atoms with van der Waals surface area (Å²) in [6.45, 7) is 4.66. The molecule has 1 amide bonds. The molecule has 1 aromatic heterocycles. The summed E-state index contributed by atoms with van der Waals surface area (Å²) in [5.41, 5.74) is 0.529. The van der Waals surface area contributed by atoms with E-state index in [2.05, 4.69) is 10.1 Å². The zero-order valence-corrected chi connectivity index (χ0v) is 13.1. The van der Waals surface area contributed by atoms with Gasteiger partial charge in [-0.1, -0.05) is 19.9 Å². The molecule has 122 valence electrons. The molecule has 1 aliphatic heterocycles. The first-order chi connectivity index (χ1) is 11.0. The number of nitrogens with zero attached hydrogens (tertiary/aromatic N) is 4. The van der Waals surface area contributed by atoms with Crippen LogP contribution in [-0.2, 0) is 0 Å². The Morgan fingerprint density at radius 3 is 2.83 bits per heavy atom. The molecule has 0 aliphatic carbocycles. The minimum Gasteiger partial charge on any atom is -0.391 e. The van der Waals surface area contributed by atoms with Gasteiger partial charge >= 0.3 is 0 Å². The van der Waals surface area contributed by atoms with Crippen molar-refractivity contribution in [2.45, 2.75) is 32.3 Å². The first-order valence-corrected chi connectivity index (χ1v) is 7.66. The van der Waals surface area contributed by atoms with Gasteiger partial charge in [0.25, 0.3) is 5.91 Å². The van der Waals surface area contributed by atoms with Crippen molar-refractivity contribution in [2.75, 3.05) is 13.1 Å². The van der Waals surface area contributed by atoms with E-state index in [9.17, 15) is 14.3 Å². The van der Waals surface area contributed by atoms with E-state index in [0.717, 1.165) is 0 Å². The molecule has 0 radical (unpaired) electrons. The van der Waals surface area contributed by atoms with Gasteiger partial charge in [-0.3, -0.25) is 4.79 Å². The highest BCUT2D eigenvalue weighted by molar-refractivity contribution is 5.90. The van der Waals surface area contributed by atoms with Gasteiger partial charge in [-0.05, 0) is 24.6 Å². The molecule has 0 unspecified atom stereocenters. The number of halogens is 1. The Balaban J connectivity index is 1.97. The van der Waals surface area contributed by atoms with E-state index in [1.165, 1.54) is 16.8 Å². The van der Waals surface area contributed by atoms with Crippen LogP contribution in [0.1, 0.15) is 42.6 Å². The van der Waals surface area contributed by atoms with E-state index in [-0.39, 0.29) is 23.5 Å². The van der Waals surface area contributed by atoms with Crippen LogP contribution in [0.15, 0.2) is 24.3 Å². The Kier molecular flexibility index (Phi) is 4.12. The molecule has 0 bridgehead atoms. The van der Waals surface area contributed by atoms with Crippen LogP contribution in [0.3, 0.4) is 0 Å². The highest BCUT2D eigenvalue weighted by Gasteiger charge is 2.29. The molecule has 3 rings (SSSR count). The molecule has 1 fully saturated rings. The largest absolute Gasteiger partial charge is 0.391 e. The second kappa shape index (κ2) is 6.08. The van der Waals surface area contributed by atoms with Crippen molar-refractivity contribution in [1.29, 1.82) is 0 Å². The quantitative estimate of drug-likeness (QED) is 0.936. The summed E-state index contributed by atoms with van der Waals surface area (Å²) in [5, 5.41) is 13.8. The maximum atomic E-state index is 13.5. The van der Waals surface area contributed by atoms with Gasteiger partial charge in [-0.2, -0.15) is 0 Å². The molecule has 1 aliphatic rings. The number of β-amino-alcohol motifs (C(OH)–C–C–N with tert-alkyl or cyclic N) is 1. The number of aliphatic hydroxyl groups excluding tert-OH is 1. The lowest BCUT2D eigenvalue weighted by molar-refractivity contribution is 0.0753. The number of hydrogen-bond acceptors (Lipinski definition) is 4. The zero-order chi connectivity index (χ0) is 16.6. The molecule has 1 atom stereocenters. The van der Waals surface area contributed by atoms with Crippen molar-refractivity contribution in [1.82, 2.24) is 19.7 Å².